The molecule has 0 atom stereocenters. The van der Waals surface area contributed by atoms with E-state index in [0.717, 1.165) is 17.1 Å². The molecule has 8 heteroatoms. The van der Waals surface area contributed by atoms with E-state index in [1.165, 1.54) is 17.2 Å². The second-order valence-electron chi connectivity index (χ2n) is 8.06. The van der Waals surface area contributed by atoms with Crippen LogP contribution in [0.15, 0.2) is 48.5 Å². The average Bonchev–Trinajstić information content (AvgIpc) is 2.80. The normalized spacial score (nSPS) is 13.8. The lowest BCUT2D eigenvalue weighted by molar-refractivity contribution is -0.385. The molecule has 4 rings (SSSR count). The third-order valence-electron chi connectivity index (χ3n) is 6.08. The van der Waals surface area contributed by atoms with Crippen LogP contribution in [0.3, 0.4) is 0 Å². The van der Waals surface area contributed by atoms with Crippen LogP contribution in [0.1, 0.15) is 27.0 Å². The van der Waals surface area contributed by atoms with Crippen LogP contribution in [-0.4, -0.2) is 52.1 Å². The number of hydrogen-bond donors (Lipinski definition) is 0. The summed E-state index contributed by atoms with van der Waals surface area (Å²) >= 11 is 0. The maximum atomic E-state index is 12.9. The van der Waals surface area contributed by atoms with Gasteiger partial charge in [-0.3, -0.25) is 14.9 Å². The number of amides is 1. The standard InChI is InChI=1S/C24H25N5O3/c1-16-7-8-19(15-17(16)2)21-9-10-23(26-25-21)27-11-13-28(14-12-27)24(30)20-5-4-6-22(18(20)3)29(31)32/h4-10,15H,11-14H2,1-3H3. The second kappa shape index (κ2) is 8.74. The van der Waals surface area contributed by atoms with Gasteiger partial charge in [-0.25, -0.2) is 0 Å². The fourth-order valence-electron chi connectivity index (χ4n) is 3.91. The molecule has 0 aliphatic carbocycles. The van der Waals surface area contributed by atoms with Gasteiger partial charge in [0.15, 0.2) is 5.82 Å². The molecule has 1 aromatic heterocycles. The Bertz CT molecular complexity index is 1170. The van der Waals surface area contributed by atoms with Crippen molar-refractivity contribution in [3.8, 4) is 11.3 Å². The Balaban J connectivity index is 1.43. The molecular formula is C24H25N5O3. The third-order valence-corrected chi connectivity index (χ3v) is 6.08. The first-order valence-electron chi connectivity index (χ1n) is 10.5. The summed E-state index contributed by atoms with van der Waals surface area (Å²) in [6.45, 7) is 8.06. The summed E-state index contributed by atoms with van der Waals surface area (Å²) in [7, 11) is 0. The third kappa shape index (κ3) is 4.16. The maximum absolute atomic E-state index is 12.9. The van der Waals surface area contributed by atoms with Gasteiger partial charge in [-0.2, -0.15) is 0 Å². The highest BCUT2D eigenvalue weighted by atomic mass is 16.6. The number of nitro benzene ring substituents is 1. The number of piperazine rings is 1. The van der Waals surface area contributed by atoms with E-state index < -0.39 is 4.92 Å². The lowest BCUT2D eigenvalue weighted by Gasteiger charge is -2.35. The van der Waals surface area contributed by atoms with Gasteiger partial charge in [-0.15, -0.1) is 10.2 Å². The zero-order valence-corrected chi connectivity index (χ0v) is 18.4. The number of aromatic nitrogens is 2. The minimum absolute atomic E-state index is 0.0337. The van der Waals surface area contributed by atoms with Crippen molar-refractivity contribution in [3.05, 3.63) is 80.9 Å². The zero-order valence-electron chi connectivity index (χ0n) is 18.4. The molecular weight excluding hydrogens is 406 g/mol. The number of carbonyl (C=O) groups is 1. The molecule has 164 valence electrons. The van der Waals surface area contributed by atoms with Gasteiger partial charge in [-0.1, -0.05) is 18.2 Å². The number of aryl methyl sites for hydroxylation is 2. The van der Waals surface area contributed by atoms with Gasteiger partial charge in [0, 0.05) is 48.9 Å². The van der Waals surface area contributed by atoms with Crippen LogP contribution in [0, 0.1) is 30.9 Å². The molecule has 8 nitrogen and oxygen atoms in total. The van der Waals surface area contributed by atoms with Gasteiger partial charge in [0.1, 0.15) is 0 Å². The fraction of sp³-hybridized carbons (Fsp3) is 0.292. The Morgan fingerprint density at radius 2 is 1.69 bits per heavy atom. The molecule has 1 aliphatic heterocycles. The van der Waals surface area contributed by atoms with Crippen LogP contribution in [-0.2, 0) is 0 Å². The van der Waals surface area contributed by atoms with Crippen molar-refractivity contribution in [2.75, 3.05) is 31.1 Å². The van der Waals surface area contributed by atoms with E-state index in [4.69, 9.17) is 0 Å². The molecule has 2 heterocycles. The van der Waals surface area contributed by atoms with Crippen molar-refractivity contribution in [1.29, 1.82) is 0 Å². The van der Waals surface area contributed by atoms with Crippen molar-refractivity contribution in [3.63, 3.8) is 0 Å². The van der Waals surface area contributed by atoms with Gasteiger partial charge < -0.3 is 9.80 Å². The first-order chi connectivity index (χ1) is 15.3. The van der Waals surface area contributed by atoms with E-state index in [0.29, 0.717) is 37.3 Å². The molecule has 1 aliphatic rings. The predicted octanol–water partition coefficient (Wildman–Crippen LogP) is 3.94. The minimum Gasteiger partial charge on any atom is -0.352 e. The molecule has 1 amide bonds. The highest BCUT2D eigenvalue weighted by Crippen LogP contribution is 2.24. The van der Waals surface area contributed by atoms with Crippen molar-refractivity contribution < 1.29 is 9.72 Å². The van der Waals surface area contributed by atoms with Crippen LogP contribution in [0.2, 0.25) is 0 Å². The fourth-order valence-corrected chi connectivity index (χ4v) is 3.91. The molecule has 0 N–H and O–H groups in total. The summed E-state index contributed by atoms with van der Waals surface area (Å²) in [5, 5.41) is 20.0. The van der Waals surface area contributed by atoms with E-state index in [9.17, 15) is 14.9 Å². The van der Waals surface area contributed by atoms with Crippen molar-refractivity contribution in [1.82, 2.24) is 15.1 Å². The monoisotopic (exact) mass is 431 g/mol. The molecule has 32 heavy (non-hydrogen) atoms. The smallest absolute Gasteiger partial charge is 0.273 e. The SMILES string of the molecule is Cc1ccc(-c2ccc(N3CCN(C(=O)c4cccc([N+](=O)[O-])c4C)CC3)nn2)cc1C. The average molecular weight is 431 g/mol. The van der Waals surface area contributed by atoms with E-state index in [1.807, 2.05) is 18.2 Å². The summed E-state index contributed by atoms with van der Waals surface area (Å²) in [5.74, 6) is 0.596. The molecule has 0 unspecified atom stereocenters. The van der Waals surface area contributed by atoms with Crippen molar-refractivity contribution in [2.24, 2.45) is 0 Å². The van der Waals surface area contributed by atoms with E-state index in [-0.39, 0.29) is 11.6 Å². The topological polar surface area (TPSA) is 92.5 Å². The van der Waals surface area contributed by atoms with Crippen molar-refractivity contribution in [2.45, 2.75) is 20.8 Å². The second-order valence-corrected chi connectivity index (χ2v) is 8.06. The van der Waals surface area contributed by atoms with Crippen LogP contribution in [0.25, 0.3) is 11.3 Å². The molecule has 3 aromatic rings. The van der Waals surface area contributed by atoms with E-state index >= 15 is 0 Å². The lowest BCUT2D eigenvalue weighted by Crippen LogP contribution is -2.49. The van der Waals surface area contributed by atoms with Crippen LogP contribution < -0.4 is 4.90 Å². The van der Waals surface area contributed by atoms with Gasteiger partial charge >= 0.3 is 0 Å². The van der Waals surface area contributed by atoms with Crippen LogP contribution in [0.5, 0.6) is 0 Å². The summed E-state index contributed by atoms with van der Waals surface area (Å²) in [5.41, 5.74) is 5.07. The molecule has 0 saturated carbocycles. The number of hydrogen-bond acceptors (Lipinski definition) is 6. The van der Waals surface area contributed by atoms with Crippen molar-refractivity contribution >= 4 is 17.4 Å². The summed E-state index contributed by atoms with van der Waals surface area (Å²) < 4.78 is 0. The Morgan fingerprint density at radius 1 is 0.938 bits per heavy atom. The summed E-state index contributed by atoms with van der Waals surface area (Å²) in [6, 6.07) is 14.8. The van der Waals surface area contributed by atoms with Gasteiger partial charge in [0.25, 0.3) is 11.6 Å². The number of rotatable bonds is 4. The van der Waals surface area contributed by atoms with Crippen LogP contribution in [0.4, 0.5) is 11.5 Å². The highest BCUT2D eigenvalue weighted by Gasteiger charge is 2.26. The van der Waals surface area contributed by atoms with Gasteiger partial charge in [0.2, 0.25) is 0 Å². The molecule has 1 fully saturated rings. The highest BCUT2D eigenvalue weighted by molar-refractivity contribution is 5.96. The predicted molar refractivity (Wildman–Crippen MR) is 123 cm³/mol. The minimum atomic E-state index is -0.454. The molecule has 0 radical (unpaired) electrons. The largest absolute Gasteiger partial charge is 0.352 e. The summed E-state index contributed by atoms with van der Waals surface area (Å²) in [6.07, 6.45) is 0. The van der Waals surface area contributed by atoms with E-state index in [2.05, 4.69) is 41.1 Å². The number of carbonyl (C=O) groups excluding carboxylic acids is 1. The molecule has 2 aromatic carbocycles. The molecule has 0 bridgehead atoms. The quantitative estimate of drug-likeness (QED) is 0.459. The summed E-state index contributed by atoms with van der Waals surface area (Å²) in [4.78, 5) is 27.5. The Morgan fingerprint density at radius 3 is 2.31 bits per heavy atom. The Hall–Kier alpha value is -3.81. The van der Waals surface area contributed by atoms with Gasteiger partial charge in [0.05, 0.1) is 10.6 Å². The van der Waals surface area contributed by atoms with Gasteiger partial charge in [-0.05, 0) is 56.2 Å². The zero-order chi connectivity index (χ0) is 22.8. The lowest BCUT2D eigenvalue weighted by atomic mass is 10.0. The molecule has 1 saturated heterocycles. The molecule has 0 spiro atoms. The number of nitro groups is 1. The maximum Gasteiger partial charge on any atom is 0.273 e. The first-order valence-corrected chi connectivity index (χ1v) is 10.5. The number of anilines is 1. The van der Waals surface area contributed by atoms with E-state index in [1.54, 1.807) is 24.0 Å². The van der Waals surface area contributed by atoms with Crippen LogP contribution >= 0.6 is 0 Å². The number of benzene rings is 2. The number of nitrogens with zero attached hydrogens (tertiary/aromatic N) is 5. The Labute approximate surface area is 186 Å². The Kier molecular flexibility index (Phi) is 5.85. The first kappa shape index (κ1) is 21.4.